The summed E-state index contributed by atoms with van der Waals surface area (Å²) in [7, 11) is 1.58. The number of fused-ring (bicyclic) bond motifs is 1. The monoisotopic (exact) mass is 349 g/mol. The first-order valence-electron chi connectivity index (χ1n) is 8.11. The first kappa shape index (κ1) is 16.1. The highest BCUT2D eigenvalue weighted by molar-refractivity contribution is 6.22. The van der Waals surface area contributed by atoms with Gasteiger partial charge in [0.05, 0.1) is 18.2 Å². The van der Waals surface area contributed by atoms with Crippen molar-refractivity contribution < 1.29 is 23.9 Å². The van der Waals surface area contributed by atoms with Crippen LogP contribution in [0.4, 0.5) is 0 Å². The second-order valence-corrected chi connectivity index (χ2v) is 6.05. The van der Waals surface area contributed by atoms with Gasteiger partial charge in [-0.15, -0.1) is 0 Å². The summed E-state index contributed by atoms with van der Waals surface area (Å²) in [6, 6.07) is 12.9. The van der Waals surface area contributed by atoms with Gasteiger partial charge < -0.3 is 9.47 Å². The highest BCUT2D eigenvalue weighted by Crippen LogP contribution is 2.32. The number of rotatable bonds is 3. The Kier molecular flexibility index (Phi) is 3.80. The highest BCUT2D eigenvalue weighted by atomic mass is 16.5. The Morgan fingerprint density at radius 1 is 1.00 bits per heavy atom. The van der Waals surface area contributed by atoms with Crippen LogP contribution in [0.2, 0.25) is 0 Å². The quantitative estimate of drug-likeness (QED) is 0.629. The minimum absolute atomic E-state index is 0.163. The summed E-state index contributed by atoms with van der Waals surface area (Å²) in [5.41, 5.74) is 1.47. The zero-order valence-corrected chi connectivity index (χ0v) is 14.0. The topological polar surface area (TPSA) is 72.9 Å². The van der Waals surface area contributed by atoms with Gasteiger partial charge in [-0.05, 0) is 35.9 Å². The highest BCUT2D eigenvalue weighted by Gasteiger charge is 2.46. The van der Waals surface area contributed by atoms with Crippen molar-refractivity contribution in [3.63, 3.8) is 0 Å². The molecular weight excluding hydrogens is 334 g/mol. The zero-order valence-electron chi connectivity index (χ0n) is 14.0. The molecule has 1 saturated heterocycles. The van der Waals surface area contributed by atoms with Crippen LogP contribution in [-0.2, 0) is 9.53 Å². The molecule has 6 heteroatoms. The van der Waals surface area contributed by atoms with E-state index in [1.54, 1.807) is 49.6 Å². The van der Waals surface area contributed by atoms with Crippen molar-refractivity contribution in [1.29, 1.82) is 0 Å². The normalized spacial score (nSPS) is 20.5. The van der Waals surface area contributed by atoms with Gasteiger partial charge in [-0.1, -0.05) is 24.3 Å². The molecule has 4 rings (SSSR count). The minimum atomic E-state index is -0.938. The lowest BCUT2D eigenvalue weighted by Crippen LogP contribution is -2.42. The molecular formula is C20H15NO5. The molecule has 0 aliphatic carbocycles. The van der Waals surface area contributed by atoms with Gasteiger partial charge in [0.25, 0.3) is 11.8 Å². The molecule has 26 heavy (non-hydrogen) atoms. The van der Waals surface area contributed by atoms with E-state index in [0.717, 1.165) is 16.2 Å². The number of cyclic esters (lactones) is 1. The number of amides is 2. The third-order valence-corrected chi connectivity index (χ3v) is 4.48. The molecule has 2 aromatic carbocycles. The third kappa shape index (κ3) is 2.56. The van der Waals surface area contributed by atoms with Crippen LogP contribution >= 0.6 is 0 Å². The number of carbonyl (C=O) groups is 3. The first-order chi connectivity index (χ1) is 12.6. The number of methoxy groups -OCH3 is 1. The van der Waals surface area contributed by atoms with Crippen molar-refractivity contribution in [2.45, 2.75) is 12.5 Å². The largest absolute Gasteiger partial charge is 0.497 e. The fourth-order valence-corrected chi connectivity index (χ4v) is 3.17. The summed E-state index contributed by atoms with van der Waals surface area (Å²) >= 11 is 0. The van der Waals surface area contributed by atoms with Crippen molar-refractivity contribution in [2.24, 2.45) is 0 Å². The lowest BCUT2D eigenvalue weighted by Gasteiger charge is -2.17. The van der Waals surface area contributed by atoms with Crippen LogP contribution in [-0.4, -0.2) is 35.8 Å². The number of hydrogen-bond donors (Lipinski definition) is 0. The van der Waals surface area contributed by atoms with Crippen LogP contribution in [0.3, 0.4) is 0 Å². The molecule has 130 valence electrons. The number of carbonyl (C=O) groups excluding carboxylic acids is 3. The number of benzene rings is 2. The van der Waals surface area contributed by atoms with Crippen molar-refractivity contribution >= 4 is 23.9 Å². The van der Waals surface area contributed by atoms with Crippen LogP contribution in [0, 0.1) is 0 Å². The third-order valence-electron chi connectivity index (χ3n) is 4.48. The van der Waals surface area contributed by atoms with Gasteiger partial charge in [0, 0.05) is 6.42 Å². The number of esters is 1. The van der Waals surface area contributed by atoms with Crippen LogP contribution in [0.1, 0.15) is 32.7 Å². The Morgan fingerprint density at radius 3 is 2.19 bits per heavy atom. The lowest BCUT2D eigenvalue weighted by molar-refractivity contribution is -0.138. The second-order valence-electron chi connectivity index (χ2n) is 6.05. The van der Waals surface area contributed by atoms with Gasteiger partial charge in [0.15, 0.2) is 0 Å². The fraction of sp³-hybridized carbons (Fsp3) is 0.150. The maximum Gasteiger partial charge on any atom is 0.334 e. The molecule has 0 spiro atoms. The average Bonchev–Trinajstić information content (AvgIpc) is 3.13. The summed E-state index contributed by atoms with van der Waals surface area (Å²) in [4.78, 5) is 38.4. The Balaban J connectivity index is 1.58. The van der Waals surface area contributed by atoms with Gasteiger partial charge >= 0.3 is 5.97 Å². The predicted molar refractivity (Wildman–Crippen MR) is 92.4 cm³/mol. The minimum Gasteiger partial charge on any atom is -0.497 e. The van der Waals surface area contributed by atoms with Gasteiger partial charge in [0.1, 0.15) is 17.6 Å². The molecule has 1 fully saturated rings. The van der Waals surface area contributed by atoms with Crippen molar-refractivity contribution in [3.8, 4) is 5.75 Å². The molecule has 2 aliphatic rings. The number of hydrogen-bond acceptors (Lipinski definition) is 5. The Labute approximate surface area is 149 Å². The number of ether oxygens (including phenoxy) is 2. The maximum absolute atomic E-state index is 12.5. The van der Waals surface area contributed by atoms with Gasteiger partial charge in [-0.2, -0.15) is 0 Å². The molecule has 0 N–H and O–H groups in total. The van der Waals surface area contributed by atoms with E-state index >= 15 is 0 Å². The SMILES string of the molecule is COc1ccc(/C=C2\C[C@@H](N3C(=O)c4ccccc4C3=O)C(=O)O2)cc1. The molecule has 2 heterocycles. The summed E-state index contributed by atoms with van der Waals surface area (Å²) in [6.07, 6.45) is 1.88. The molecule has 0 radical (unpaired) electrons. The summed E-state index contributed by atoms with van der Waals surface area (Å²) in [5, 5.41) is 0. The van der Waals surface area contributed by atoms with Gasteiger partial charge in [0.2, 0.25) is 0 Å². The average molecular weight is 349 g/mol. The molecule has 2 amide bonds. The van der Waals surface area contributed by atoms with E-state index in [1.807, 2.05) is 12.1 Å². The van der Waals surface area contributed by atoms with Crippen LogP contribution in [0.25, 0.3) is 6.08 Å². The van der Waals surface area contributed by atoms with E-state index < -0.39 is 23.8 Å². The van der Waals surface area contributed by atoms with E-state index in [4.69, 9.17) is 9.47 Å². The molecule has 0 aromatic heterocycles. The molecule has 2 aromatic rings. The Hall–Kier alpha value is -3.41. The summed E-state index contributed by atoms with van der Waals surface area (Å²) in [5.74, 6) is -0.378. The smallest absolute Gasteiger partial charge is 0.334 e. The van der Waals surface area contributed by atoms with E-state index in [-0.39, 0.29) is 6.42 Å². The van der Waals surface area contributed by atoms with E-state index in [1.165, 1.54) is 0 Å². The fourth-order valence-electron chi connectivity index (χ4n) is 3.17. The summed E-state index contributed by atoms with van der Waals surface area (Å²) in [6.45, 7) is 0. The van der Waals surface area contributed by atoms with Crippen molar-refractivity contribution in [1.82, 2.24) is 4.90 Å². The van der Waals surface area contributed by atoms with Crippen LogP contribution in [0.15, 0.2) is 54.3 Å². The number of nitrogens with zero attached hydrogens (tertiary/aromatic N) is 1. The van der Waals surface area contributed by atoms with Gasteiger partial charge in [-0.25, -0.2) is 4.79 Å². The van der Waals surface area contributed by atoms with Gasteiger partial charge in [-0.3, -0.25) is 14.5 Å². The van der Waals surface area contributed by atoms with E-state index in [2.05, 4.69) is 0 Å². The molecule has 0 bridgehead atoms. The standard InChI is InChI=1S/C20H15NO5/c1-25-13-8-6-12(7-9-13)10-14-11-17(20(24)26-14)21-18(22)15-4-2-3-5-16(15)19(21)23/h2-10,17H,11H2,1H3/b14-10+/t17-/m1/s1. The maximum atomic E-state index is 12.5. The molecule has 1 atom stereocenters. The van der Waals surface area contributed by atoms with E-state index in [9.17, 15) is 14.4 Å². The molecule has 0 unspecified atom stereocenters. The van der Waals surface area contributed by atoms with Crippen LogP contribution < -0.4 is 4.74 Å². The second kappa shape index (κ2) is 6.15. The van der Waals surface area contributed by atoms with Crippen LogP contribution in [0.5, 0.6) is 5.75 Å². The summed E-state index contributed by atoms with van der Waals surface area (Å²) < 4.78 is 10.4. The van der Waals surface area contributed by atoms with Crippen molar-refractivity contribution in [3.05, 3.63) is 71.0 Å². The molecule has 6 nitrogen and oxygen atoms in total. The zero-order chi connectivity index (χ0) is 18.3. The predicted octanol–water partition coefficient (Wildman–Crippen LogP) is 2.65. The first-order valence-corrected chi connectivity index (χ1v) is 8.11. The van der Waals surface area contributed by atoms with Crippen molar-refractivity contribution in [2.75, 3.05) is 7.11 Å². The number of imide groups is 1. The lowest BCUT2D eigenvalue weighted by atomic mass is 10.1. The Bertz CT molecular complexity index is 910. The molecule has 2 aliphatic heterocycles. The molecule has 0 saturated carbocycles. The van der Waals surface area contributed by atoms with E-state index in [0.29, 0.717) is 16.9 Å². The Morgan fingerprint density at radius 2 is 1.62 bits per heavy atom.